The van der Waals surface area contributed by atoms with Gasteiger partial charge < -0.3 is 15.1 Å². The molecule has 2 aliphatic rings. The van der Waals surface area contributed by atoms with Gasteiger partial charge in [0.2, 0.25) is 5.66 Å². The van der Waals surface area contributed by atoms with Gasteiger partial charge in [0, 0.05) is 24.2 Å². The first-order valence-corrected chi connectivity index (χ1v) is 8.66. The Labute approximate surface area is 151 Å². The van der Waals surface area contributed by atoms with E-state index < -0.39 is 5.66 Å². The number of para-hydroxylation sites is 1. The number of carbonyl (C=O) groups excluding carboxylic acids is 2. The van der Waals surface area contributed by atoms with Gasteiger partial charge in [0.25, 0.3) is 11.8 Å². The number of hydrogen-bond acceptors (Lipinski definition) is 3. The molecule has 2 amide bonds. The Balaban J connectivity index is 1.95. The van der Waals surface area contributed by atoms with Gasteiger partial charge in [-0.2, -0.15) is 0 Å². The highest BCUT2D eigenvalue weighted by atomic mass is 35.5. The summed E-state index contributed by atoms with van der Waals surface area (Å²) in [6, 6.07) is 12.7. The Hall–Kier alpha value is -2.53. The smallest absolute Gasteiger partial charge is 0.278 e. The number of halogens is 1. The van der Waals surface area contributed by atoms with Gasteiger partial charge in [-0.15, -0.1) is 0 Å². The zero-order valence-electron chi connectivity index (χ0n) is 14.0. The zero-order valence-corrected chi connectivity index (χ0v) is 14.8. The first-order valence-electron chi connectivity index (χ1n) is 8.28. The first-order chi connectivity index (χ1) is 12.0. The van der Waals surface area contributed by atoms with Gasteiger partial charge in [-0.25, -0.2) is 0 Å². The number of anilines is 2. The molecule has 1 spiro atoms. The van der Waals surface area contributed by atoms with Crippen molar-refractivity contribution in [2.45, 2.75) is 19.0 Å². The standard InChI is InChI=1S/C19H18ClN3O2/c1-3-10-23-16-7-5-4-6-14(16)19(18(23)25)21-15-11-12(20)8-9-13(15)17(24)22(19)2/h4-9,11,21H,3,10H2,1-2H3. The first kappa shape index (κ1) is 16.0. The molecule has 5 nitrogen and oxygen atoms in total. The van der Waals surface area contributed by atoms with Crippen LogP contribution >= 0.6 is 11.6 Å². The number of nitrogens with zero attached hydrogens (tertiary/aromatic N) is 2. The van der Waals surface area contributed by atoms with E-state index in [0.29, 0.717) is 22.8 Å². The second kappa shape index (κ2) is 5.49. The van der Waals surface area contributed by atoms with Crippen molar-refractivity contribution in [1.82, 2.24) is 4.90 Å². The number of rotatable bonds is 2. The molecule has 2 aromatic carbocycles. The number of benzene rings is 2. The highest BCUT2D eigenvalue weighted by molar-refractivity contribution is 6.31. The summed E-state index contributed by atoms with van der Waals surface area (Å²) in [5.74, 6) is -0.344. The van der Waals surface area contributed by atoms with Crippen molar-refractivity contribution in [2.75, 3.05) is 23.8 Å². The third kappa shape index (κ3) is 2.02. The Kier molecular flexibility index (Phi) is 3.51. The normalized spacial score (nSPS) is 21.4. The second-order valence-electron chi connectivity index (χ2n) is 6.36. The summed E-state index contributed by atoms with van der Waals surface area (Å²) in [7, 11) is 1.66. The molecule has 6 heteroatoms. The lowest BCUT2D eigenvalue weighted by Crippen LogP contribution is -2.61. The minimum atomic E-state index is -1.24. The number of carbonyl (C=O) groups is 2. The van der Waals surface area contributed by atoms with Crippen LogP contribution in [0, 0.1) is 0 Å². The quantitative estimate of drug-likeness (QED) is 0.897. The van der Waals surface area contributed by atoms with Gasteiger partial charge in [-0.05, 0) is 30.7 Å². The SMILES string of the molecule is CCCN1C(=O)C2(Nc3cc(Cl)ccc3C(=O)N2C)c2ccccc21. The van der Waals surface area contributed by atoms with E-state index in [1.165, 1.54) is 4.90 Å². The van der Waals surface area contributed by atoms with Crippen LogP contribution in [0.2, 0.25) is 5.02 Å². The van der Waals surface area contributed by atoms with Crippen LogP contribution in [0.5, 0.6) is 0 Å². The van der Waals surface area contributed by atoms with Crippen molar-refractivity contribution < 1.29 is 9.59 Å². The molecule has 128 valence electrons. The number of amides is 2. The Bertz CT molecular complexity index is 898. The summed E-state index contributed by atoms with van der Waals surface area (Å²) in [6.07, 6.45) is 0.830. The van der Waals surface area contributed by atoms with Crippen molar-refractivity contribution in [3.8, 4) is 0 Å². The van der Waals surface area contributed by atoms with E-state index in [9.17, 15) is 9.59 Å². The molecule has 0 saturated heterocycles. The summed E-state index contributed by atoms with van der Waals surface area (Å²) >= 11 is 6.11. The zero-order chi connectivity index (χ0) is 17.8. The van der Waals surface area contributed by atoms with Crippen LogP contribution in [0.15, 0.2) is 42.5 Å². The monoisotopic (exact) mass is 355 g/mol. The second-order valence-corrected chi connectivity index (χ2v) is 6.80. The predicted octanol–water partition coefficient (Wildman–Crippen LogP) is 3.45. The molecule has 0 radical (unpaired) electrons. The Morgan fingerprint density at radius 3 is 2.68 bits per heavy atom. The summed E-state index contributed by atoms with van der Waals surface area (Å²) in [5.41, 5.74) is 1.48. The Morgan fingerprint density at radius 2 is 1.92 bits per heavy atom. The highest BCUT2D eigenvalue weighted by Crippen LogP contribution is 2.47. The van der Waals surface area contributed by atoms with E-state index >= 15 is 0 Å². The maximum atomic E-state index is 13.4. The summed E-state index contributed by atoms with van der Waals surface area (Å²) in [5, 5.41) is 3.83. The molecule has 25 heavy (non-hydrogen) atoms. The predicted molar refractivity (Wildman–Crippen MR) is 97.9 cm³/mol. The van der Waals surface area contributed by atoms with E-state index in [2.05, 4.69) is 5.32 Å². The number of fused-ring (bicyclic) bond motifs is 3. The van der Waals surface area contributed by atoms with Gasteiger partial charge in [0.1, 0.15) is 0 Å². The fourth-order valence-electron chi connectivity index (χ4n) is 3.74. The van der Waals surface area contributed by atoms with Gasteiger partial charge in [-0.1, -0.05) is 36.7 Å². The Morgan fingerprint density at radius 1 is 1.16 bits per heavy atom. The van der Waals surface area contributed by atoms with Crippen LogP contribution in [0.3, 0.4) is 0 Å². The lowest BCUT2D eigenvalue weighted by atomic mass is 9.94. The summed E-state index contributed by atoms with van der Waals surface area (Å²) < 4.78 is 0. The molecular weight excluding hydrogens is 338 g/mol. The summed E-state index contributed by atoms with van der Waals surface area (Å²) in [4.78, 5) is 29.6. The molecule has 2 heterocycles. The molecule has 0 aliphatic carbocycles. The van der Waals surface area contributed by atoms with Crippen LogP contribution in [0.25, 0.3) is 0 Å². The third-order valence-electron chi connectivity index (χ3n) is 4.92. The molecule has 0 bridgehead atoms. The van der Waals surface area contributed by atoms with Crippen LogP contribution in [-0.4, -0.2) is 30.3 Å². The van der Waals surface area contributed by atoms with Gasteiger partial charge in [0.05, 0.1) is 16.9 Å². The number of nitrogens with one attached hydrogen (secondary N) is 1. The molecule has 2 aliphatic heterocycles. The van der Waals surface area contributed by atoms with Crippen LogP contribution in [-0.2, 0) is 10.5 Å². The molecule has 4 rings (SSSR count). The van der Waals surface area contributed by atoms with Crippen molar-refractivity contribution in [3.05, 3.63) is 58.6 Å². The largest absolute Gasteiger partial charge is 0.350 e. The fraction of sp³-hybridized carbons (Fsp3) is 0.263. The lowest BCUT2D eigenvalue weighted by Gasteiger charge is -2.43. The van der Waals surface area contributed by atoms with Gasteiger partial charge in [0.15, 0.2) is 0 Å². The lowest BCUT2D eigenvalue weighted by molar-refractivity contribution is -0.126. The van der Waals surface area contributed by atoms with Crippen molar-refractivity contribution in [1.29, 1.82) is 0 Å². The summed E-state index contributed by atoms with van der Waals surface area (Å²) in [6.45, 7) is 2.63. The average molecular weight is 356 g/mol. The van der Waals surface area contributed by atoms with E-state index in [1.807, 2.05) is 31.2 Å². The molecule has 2 aromatic rings. The van der Waals surface area contributed by atoms with Crippen LogP contribution < -0.4 is 10.2 Å². The number of likely N-dealkylation sites (N-methyl/N-ethyl adjacent to an activating group) is 1. The highest BCUT2D eigenvalue weighted by Gasteiger charge is 2.57. The molecule has 1 unspecified atom stereocenters. The number of hydrogen-bond donors (Lipinski definition) is 1. The molecule has 0 saturated carbocycles. The molecule has 0 fully saturated rings. The topological polar surface area (TPSA) is 52.7 Å². The van der Waals surface area contributed by atoms with Crippen LogP contribution in [0.4, 0.5) is 11.4 Å². The van der Waals surface area contributed by atoms with E-state index in [-0.39, 0.29) is 11.8 Å². The van der Waals surface area contributed by atoms with Gasteiger partial charge in [-0.3, -0.25) is 9.59 Å². The minimum Gasteiger partial charge on any atom is -0.350 e. The van der Waals surface area contributed by atoms with Crippen molar-refractivity contribution >= 4 is 34.8 Å². The van der Waals surface area contributed by atoms with E-state index in [4.69, 9.17) is 11.6 Å². The minimum absolute atomic E-state index is 0.142. The molecule has 1 N–H and O–H groups in total. The third-order valence-corrected chi connectivity index (χ3v) is 5.16. The van der Waals surface area contributed by atoms with E-state index in [0.717, 1.165) is 17.7 Å². The molecule has 1 atom stereocenters. The maximum Gasteiger partial charge on any atom is 0.278 e. The molecular formula is C19H18ClN3O2. The fourth-order valence-corrected chi connectivity index (χ4v) is 3.92. The molecule has 0 aromatic heterocycles. The van der Waals surface area contributed by atoms with Crippen molar-refractivity contribution in [2.24, 2.45) is 0 Å². The van der Waals surface area contributed by atoms with Crippen LogP contribution in [0.1, 0.15) is 29.3 Å². The van der Waals surface area contributed by atoms with Gasteiger partial charge >= 0.3 is 0 Å². The van der Waals surface area contributed by atoms with E-state index in [1.54, 1.807) is 30.1 Å². The average Bonchev–Trinajstić information content (AvgIpc) is 2.83. The van der Waals surface area contributed by atoms with Crippen molar-refractivity contribution in [3.63, 3.8) is 0 Å². The maximum absolute atomic E-state index is 13.4.